The Bertz CT molecular complexity index is 427. The van der Waals surface area contributed by atoms with Crippen LogP contribution in [0, 0.1) is 6.92 Å². The lowest BCUT2D eigenvalue weighted by Crippen LogP contribution is -1.81. The lowest BCUT2D eigenvalue weighted by Gasteiger charge is -1.94. The summed E-state index contributed by atoms with van der Waals surface area (Å²) in [5.74, 6) is 0. The fourth-order valence-corrected chi connectivity index (χ4v) is 2.11. The lowest BCUT2D eigenvalue weighted by atomic mass is 10.2. The molecule has 0 radical (unpaired) electrons. The third kappa shape index (κ3) is 1.92. The summed E-state index contributed by atoms with van der Waals surface area (Å²) in [6.07, 6.45) is 1.78. The van der Waals surface area contributed by atoms with Crippen molar-refractivity contribution in [3.63, 3.8) is 0 Å². The number of hydrogen-bond donors (Lipinski definition) is 0. The Hall–Kier alpha value is -0.810. The Labute approximate surface area is 88.0 Å². The van der Waals surface area contributed by atoms with Gasteiger partial charge in [-0.2, -0.15) is 0 Å². The van der Waals surface area contributed by atoms with Gasteiger partial charge in [0.05, 0.1) is 0 Å². The number of rotatable bonds is 1. The molecule has 0 fully saturated rings. The summed E-state index contributed by atoms with van der Waals surface area (Å²) >= 11 is 4.79. The fourth-order valence-electron chi connectivity index (χ4n) is 1.00. The molecule has 0 spiro atoms. The van der Waals surface area contributed by atoms with Gasteiger partial charge < -0.3 is 0 Å². The minimum absolute atomic E-state index is 0.803. The van der Waals surface area contributed by atoms with Crippen LogP contribution in [-0.4, -0.2) is 15.2 Å². The van der Waals surface area contributed by atoms with Crippen LogP contribution in [0.5, 0.6) is 0 Å². The van der Waals surface area contributed by atoms with E-state index in [9.17, 15) is 0 Å². The zero-order valence-corrected chi connectivity index (χ0v) is 9.26. The van der Waals surface area contributed by atoms with Gasteiger partial charge in [-0.1, -0.05) is 11.3 Å². The predicted molar refractivity (Wildman–Crippen MR) is 55.6 cm³/mol. The van der Waals surface area contributed by atoms with Gasteiger partial charge in [-0.05, 0) is 35.0 Å². The normalized spacial score (nSPS) is 10.3. The first-order chi connectivity index (χ1) is 6.25. The van der Waals surface area contributed by atoms with Crippen molar-refractivity contribution in [2.24, 2.45) is 0 Å². The molecule has 2 rings (SSSR count). The van der Waals surface area contributed by atoms with Crippen molar-refractivity contribution in [2.45, 2.75) is 6.92 Å². The van der Waals surface area contributed by atoms with Crippen molar-refractivity contribution in [1.82, 2.24) is 15.2 Å². The standard InChI is InChI=1S/C8H6BrN3S/c1-5-4-6(2-3-10-5)7-11-12-8(9)13-7/h2-4H,1H3. The molecule has 13 heavy (non-hydrogen) atoms. The van der Waals surface area contributed by atoms with E-state index in [0.717, 1.165) is 20.2 Å². The second-order valence-corrected chi connectivity index (χ2v) is 4.80. The molecule has 0 unspecified atom stereocenters. The lowest BCUT2D eigenvalue weighted by molar-refractivity contribution is 1.07. The highest BCUT2D eigenvalue weighted by atomic mass is 79.9. The first-order valence-electron chi connectivity index (χ1n) is 3.68. The van der Waals surface area contributed by atoms with E-state index in [1.54, 1.807) is 6.20 Å². The molecule has 0 saturated heterocycles. The zero-order valence-electron chi connectivity index (χ0n) is 6.86. The van der Waals surface area contributed by atoms with E-state index in [2.05, 4.69) is 31.1 Å². The summed E-state index contributed by atoms with van der Waals surface area (Å²) in [5.41, 5.74) is 2.06. The van der Waals surface area contributed by atoms with Crippen LogP contribution < -0.4 is 0 Å². The number of aryl methyl sites for hydroxylation is 1. The molecular weight excluding hydrogens is 250 g/mol. The third-order valence-electron chi connectivity index (χ3n) is 1.54. The molecule has 0 aliphatic carbocycles. The van der Waals surface area contributed by atoms with Crippen molar-refractivity contribution < 1.29 is 0 Å². The maximum absolute atomic E-state index is 4.12. The van der Waals surface area contributed by atoms with Gasteiger partial charge in [0.25, 0.3) is 0 Å². The second-order valence-electron chi connectivity index (χ2n) is 2.55. The van der Waals surface area contributed by atoms with Gasteiger partial charge in [-0.15, -0.1) is 10.2 Å². The van der Waals surface area contributed by atoms with Crippen molar-refractivity contribution in [1.29, 1.82) is 0 Å². The first-order valence-corrected chi connectivity index (χ1v) is 5.29. The van der Waals surface area contributed by atoms with Crippen molar-refractivity contribution in [2.75, 3.05) is 0 Å². The average molecular weight is 256 g/mol. The number of halogens is 1. The number of pyridine rings is 1. The van der Waals surface area contributed by atoms with Crippen molar-refractivity contribution in [3.8, 4) is 10.6 Å². The second kappa shape index (κ2) is 3.51. The molecule has 0 N–H and O–H groups in total. The van der Waals surface area contributed by atoms with Crippen LogP contribution in [0.3, 0.4) is 0 Å². The molecule has 5 heteroatoms. The minimum atomic E-state index is 0.803. The van der Waals surface area contributed by atoms with E-state index >= 15 is 0 Å². The maximum atomic E-state index is 4.12. The van der Waals surface area contributed by atoms with Crippen molar-refractivity contribution >= 4 is 27.3 Å². The van der Waals surface area contributed by atoms with E-state index < -0.39 is 0 Å². The predicted octanol–water partition coefficient (Wildman–Crippen LogP) is 2.67. The molecule has 3 nitrogen and oxygen atoms in total. The zero-order chi connectivity index (χ0) is 9.26. The molecule has 0 amide bonds. The smallest absolute Gasteiger partial charge is 0.183 e. The Morgan fingerprint density at radius 3 is 2.85 bits per heavy atom. The van der Waals surface area contributed by atoms with Gasteiger partial charge in [0, 0.05) is 17.5 Å². The van der Waals surface area contributed by atoms with Crippen molar-refractivity contribution in [3.05, 3.63) is 27.9 Å². The number of nitrogens with zero attached hydrogens (tertiary/aromatic N) is 3. The van der Waals surface area contributed by atoms with Gasteiger partial charge >= 0.3 is 0 Å². The minimum Gasteiger partial charge on any atom is -0.262 e. The maximum Gasteiger partial charge on any atom is 0.183 e. The van der Waals surface area contributed by atoms with Crippen LogP contribution in [-0.2, 0) is 0 Å². The summed E-state index contributed by atoms with van der Waals surface area (Å²) in [7, 11) is 0. The van der Waals surface area contributed by atoms with E-state index in [4.69, 9.17) is 0 Å². The van der Waals surface area contributed by atoms with Gasteiger partial charge in [0.2, 0.25) is 0 Å². The average Bonchev–Trinajstić information content (AvgIpc) is 2.52. The Morgan fingerprint density at radius 2 is 2.23 bits per heavy atom. The third-order valence-corrected chi connectivity index (χ3v) is 2.95. The van der Waals surface area contributed by atoms with Gasteiger partial charge in [-0.25, -0.2) is 0 Å². The molecule has 2 aromatic heterocycles. The monoisotopic (exact) mass is 255 g/mol. The quantitative estimate of drug-likeness (QED) is 0.787. The van der Waals surface area contributed by atoms with Crippen LogP contribution in [0.15, 0.2) is 22.2 Å². The van der Waals surface area contributed by atoms with Gasteiger partial charge in [0.1, 0.15) is 5.01 Å². The molecule has 0 aliphatic rings. The molecule has 66 valence electrons. The largest absolute Gasteiger partial charge is 0.262 e. The molecule has 0 aromatic carbocycles. The van der Waals surface area contributed by atoms with Crippen LogP contribution in [0.1, 0.15) is 5.69 Å². The molecule has 0 bridgehead atoms. The number of aromatic nitrogens is 3. The molecule has 0 aliphatic heterocycles. The molecular formula is C8H6BrN3S. The summed E-state index contributed by atoms with van der Waals surface area (Å²) < 4.78 is 0.803. The fraction of sp³-hybridized carbons (Fsp3) is 0.125. The van der Waals surface area contributed by atoms with E-state index in [0.29, 0.717) is 0 Å². The van der Waals surface area contributed by atoms with E-state index in [1.165, 1.54) is 11.3 Å². The summed E-state index contributed by atoms with van der Waals surface area (Å²) in [4.78, 5) is 4.12. The topological polar surface area (TPSA) is 38.7 Å². The van der Waals surface area contributed by atoms with Crippen LogP contribution in [0.4, 0.5) is 0 Å². The SMILES string of the molecule is Cc1cc(-c2nnc(Br)s2)ccn1. The summed E-state index contributed by atoms with van der Waals surface area (Å²) in [6.45, 7) is 1.96. The molecule has 2 aromatic rings. The number of hydrogen-bond acceptors (Lipinski definition) is 4. The summed E-state index contributed by atoms with van der Waals surface area (Å²) in [5, 5.41) is 8.82. The van der Waals surface area contributed by atoms with Crippen LogP contribution in [0.2, 0.25) is 0 Å². The molecule has 2 heterocycles. The molecule has 0 atom stereocenters. The van der Waals surface area contributed by atoms with Crippen LogP contribution >= 0.6 is 27.3 Å². The van der Waals surface area contributed by atoms with E-state index in [1.807, 2.05) is 19.1 Å². The van der Waals surface area contributed by atoms with Gasteiger partial charge in [-0.3, -0.25) is 4.98 Å². The Kier molecular flexibility index (Phi) is 2.37. The Balaban J connectivity index is 2.46. The van der Waals surface area contributed by atoms with Gasteiger partial charge in [0.15, 0.2) is 3.92 Å². The van der Waals surface area contributed by atoms with E-state index in [-0.39, 0.29) is 0 Å². The highest BCUT2D eigenvalue weighted by Crippen LogP contribution is 2.25. The highest BCUT2D eigenvalue weighted by Gasteiger charge is 2.04. The summed E-state index contributed by atoms with van der Waals surface area (Å²) in [6, 6.07) is 3.92. The van der Waals surface area contributed by atoms with Crippen LogP contribution in [0.25, 0.3) is 10.6 Å². The molecule has 0 saturated carbocycles. The highest BCUT2D eigenvalue weighted by molar-refractivity contribution is 9.11. The first kappa shape index (κ1) is 8.77. The Morgan fingerprint density at radius 1 is 1.38 bits per heavy atom.